The van der Waals surface area contributed by atoms with Crippen molar-refractivity contribution in [3.05, 3.63) is 82.9 Å². The van der Waals surface area contributed by atoms with E-state index in [0.29, 0.717) is 40.1 Å². The van der Waals surface area contributed by atoms with Gasteiger partial charge in [0.1, 0.15) is 18.1 Å². The van der Waals surface area contributed by atoms with Crippen LogP contribution in [0.1, 0.15) is 22.8 Å². The van der Waals surface area contributed by atoms with Crippen LogP contribution in [0.15, 0.2) is 66.7 Å². The summed E-state index contributed by atoms with van der Waals surface area (Å²) in [7, 11) is 1.69. The smallest absolute Gasteiger partial charge is 0.267 e. The minimum Gasteiger partial charge on any atom is -0.489 e. The zero-order valence-electron chi connectivity index (χ0n) is 17.1. The molecule has 1 aliphatic rings. The number of nitrogens with zero attached hydrogens (tertiary/aromatic N) is 1. The van der Waals surface area contributed by atoms with Crippen molar-refractivity contribution >= 4 is 34.8 Å². The van der Waals surface area contributed by atoms with Gasteiger partial charge in [-0.05, 0) is 55.5 Å². The van der Waals surface area contributed by atoms with E-state index in [1.165, 1.54) is 4.90 Å². The number of fused-ring (bicyclic) bond motifs is 1. The third-order valence-electron chi connectivity index (χ3n) is 5.03. The zero-order valence-corrected chi connectivity index (χ0v) is 17.8. The van der Waals surface area contributed by atoms with E-state index in [0.717, 1.165) is 5.56 Å². The number of halogens is 1. The molecule has 3 aromatic carbocycles. The van der Waals surface area contributed by atoms with Gasteiger partial charge in [0.05, 0.1) is 5.69 Å². The van der Waals surface area contributed by atoms with Crippen molar-refractivity contribution in [1.82, 2.24) is 0 Å². The summed E-state index contributed by atoms with van der Waals surface area (Å²) in [6, 6.07) is 19.5. The molecule has 0 radical (unpaired) electrons. The Hall–Kier alpha value is -3.51. The fraction of sp³-hybridized carbons (Fsp3) is 0.167. The SMILES string of the molecule is C[C@@H]1Oc2ccc(NC(=O)c3ccc(OCc4ccccc4Cl)cc3)cc2N(C)C1=O. The first-order valence-corrected chi connectivity index (χ1v) is 10.2. The van der Waals surface area contributed by atoms with Crippen molar-refractivity contribution in [2.24, 2.45) is 0 Å². The quantitative estimate of drug-likeness (QED) is 0.616. The highest BCUT2D eigenvalue weighted by Gasteiger charge is 2.29. The first-order valence-electron chi connectivity index (χ1n) is 9.78. The normalized spacial score (nSPS) is 15.1. The Bertz CT molecular complexity index is 1130. The van der Waals surface area contributed by atoms with Crippen molar-refractivity contribution in [2.75, 3.05) is 17.3 Å². The van der Waals surface area contributed by atoms with Crippen molar-refractivity contribution in [1.29, 1.82) is 0 Å². The molecule has 2 amide bonds. The lowest BCUT2D eigenvalue weighted by atomic mass is 10.1. The highest BCUT2D eigenvalue weighted by atomic mass is 35.5. The number of rotatable bonds is 5. The molecule has 0 saturated carbocycles. The van der Waals surface area contributed by atoms with Crippen LogP contribution in [-0.4, -0.2) is 25.0 Å². The van der Waals surface area contributed by atoms with Gasteiger partial charge in [-0.1, -0.05) is 29.8 Å². The summed E-state index contributed by atoms with van der Waals surface area (Å²) >= 11 is 6.14. The monoisotopic (exact) mass is 436 g/mol. The summed E-state index contributed by atoms with van der Waals surface area (Å²) in [5.74, 6) is 0.837. The third kappa shape index (κ3) is 4.49. The minimum atomic E-state index is -0.531. The maximum absolute atomic E-state index is 12.6. The Morgan fingerprint density at radius 3 is 2.61 bits per heavy atom. The van der Waals surface area contributed by atoms with Crippen LogP contribution in [0.3, 0.4) is 0 Å². The Morgan fingerprint density at radius 1 is 1.13 bits per heavy atom. The summed E-state index contributed by atoms with van der Waals surface area (Å²) in [4.78, 5) is 26.3. The number of benzene rings is 3. The highest BCUT2D eigenvalue weighted by Crippen LogP contribution is 2.35. The number of hydrogen-bond acceptors (Lipinski definition) is 4. The van der Waals surface area contributed by atoms with Gasteiger partial charge in [0.2, 0.25) is 0 Å². The van der Waals surface area contributed by atoms with Crippen molar-refractivity contribution < 1.29 is 19.1 Å². The van der Waals surface area contributed by atoms with Gasteiger partial charge < -0.3 is 19.7 Å². The van der Waals surface area contributed by atoms with Gasteiger partial charge in [0.25, 0.3) is 11.8 Å². The Kier molecular flexibility index (Phi) is 5.82. The number of ether oxygens (including phenoxy) is 2. The molecule has 1 atom stereocenters. The highest BCUT2D eigenvalue weighted by molar-refractivity contribution is 6.31. The molecule has 158 valence electrons. The van der Waals surface area contributed by atoms with Crippen molar-refractivity contribution in [3.63, 3.8) is 0 Å². The molecular weight excluding hydrogens is 416 g/mol. The maximum Gasteiger partial charge on any atom is 0.267 e. The molecule has 1 aliphatic heterocycles. The largest absolute Gasteiger partial charge is 0.489 e. The van der Waals surface area contributed by atoms with Crippen LogP contribution in [0.4, 0.5) is 11.4 Å². The predicted molar refractivity (Wildman–Crippen MR) is 120 cm³/mol. The van der Waals surface area contributed by atoms with E-state index in [2.05, 4.69) is 5.32 Å². The summed E-state index contributed by atoms with van der Waals surface area (Å²) in [5.41, 5.74) is 2.56. The molecule has 1 heterocycles. The van der Waals surface area contributed by atoms with Gasteiger partial charge in [-0.2, -0.15) is 0 Å². The molecule has 0 fully saturated rings. The Labute approximate surface area is 185 Å². The van der Waals surface area contributed by atoms with E-state index in [9.17, 15) is 9.59 Å². The molecule has 6 nitrogen and oxygen atoms in total. The summed E-state index contributed by atoms with van der Waals surface area (Å²) in [5, 5.41) is 3.50. The Morgan fingerprint density at radius 2 is 1.87 bits per heavy atom. The van der Waals surface area contributed by atoms with Crippen LogP contribution in [0, 0.1) is 0 Å². The van der Waals surface area contributed by atoms with Gasteiger partial charge in [0, 0.05) is 28.9 Å². The third-order valence-corrected chi connectivity index (χ3v) is 5.40. The number of hydrogen-bond donors (Lipinski definition) is 1. The number of nitrogens with one attached hydrogen (secondary N) is 1. The van der Waals surface area contributed by atoms with Crippen LogP contribution >= 0.6 is 11.6 Å². The lowest BCUT2D eigenvalue weighted by molar-refractivity contribution is -0.125. The van der Waals surface area contributed by atoms with Gasteiger partial charge in [-0.15, -0.1) is 0 Å². The number of carbonyl (C=O) groups is 2. The average Bonchev–Trinajstić information content (AvgIpc) is 2.78. The first-order chi connectivity index (χ1) is 14.9. The molecule has 3 aromatic rings. The van der Waals surface area contributed by atoms with Crippen molar-refractivity contribution in [2.45, 2.75) is 19.6 Å². The summed E-state index contributed by atoms with van der Waals surface area (Å²) in [6.07, 6.45) is -0.531. The molecule has 31 heavy (non-hydrogen) atoms. The number of anilines is 2. The second kappa shape index (κ2) is 8.70. The zero-order chi connectivity index (χ0) is 22.0. The molecule has 0 aliphatic carbocycles. The van der Waals surface area contributed by atoms with Gasteiger partial charge in [0.15, 0.2) is 6.10 Å². The standard InChI is InChI=1S/C24H21ClN2O4/c1-15-24(29)27(2)21-13-18(9-12-22(21)31-15)26-23(28)16-7-10-19(11-8-16)30-14-17-5-3-4-6-20(17)25/h3-13,15H,14H2,1-2H3,(H,26,28)/t15-/m0/s1. The van der Waals surface area contributed by atoms with Gasteiger partial charge >= 0.3 is 0 Å². The Balaban J connectivity index is 1.41. The van der Waals surface area contributed by atoms with E-state index >= 15 is 0 Å². The number of carbonyl (C=O) groups excluding carboxylic acids is 2. The molecule has 0 unspecified atom stereocenters. The summed E-state index contributed by atoms with van der Waals surface area (Å²) < 4.78 is 11.4. The number of amides is 2. The number of likely N-dealkylation sites (N-methyl/N-ethyl adjacent to an activating group) is 1. The van der Waals surface area contributed by atoms with Crippen LogP contribution in [0.2, 0.25) is 5.02 Å². The van der Waals surface area contributed by atoms with E-state index in [4.69, 9.17) is 21.1 Å². The average molecular weight is 437 g/mol. The molecular formula is C24H21ClN2O4. The molecule has 1 N–H and O–H groups in total. The molecule has 0 spiro atoms. The summed E-state index contributed by atoms with van der Waals surface area (Å²) in [6.45, 7) is 2.05. The second-order valence-electron chi connectivity index (χ2n) is 7.20. The van der Waals surface area contributed by atoms with E-state index < -0.39 is 6.10 Å². The molecule has 4 rings (SSSR count). The lowest BCUT2D eigenvalue weighted by Crippen LogP contribution is -2.41. The van der Waals surface area contributed by atoms with Gasteiger partial charge in [-0.25, -0.2) is 0 Å². The maximum atomic E-state index is 12.6. The van der Waals surface area contributed by atoms with Crippen LogP contribution in [0.5, 0.6) is 11.5 Å². The first kappa shape index (κ1) is 20.8. The fourth-order valence-corrected chi connectivity index (χ4v) is 3.46. The van der Waals surface area contributed by atoms with Gasteiger partial charge in [-0.3, -0.25) is 9.59 Å². The topological polar surface area (TPSA) is 67.9 Å². The molecule has 0 saturated heterocycles. The van der Waals surface area contributed by atoms with Crippen LogP contribution in [-0.2, 0) is 11.4 Å². The predicted octanol–water partition coefficient (Wildman–Crippen LogP) is 4.92. The second-order valence-corrected chi connectivity index (χ2v) is 7.61. The van der Waals surface area contributed by atoms with Crippen LogP contribution in [0.25, 0.3) is 0 Å². The fourth-order valence-electron chi connectivity index (χ4n) is 3.27. The molecule has 0 bridgehead atoms. The van der Waals surface area contributed by atoms with E-state index in [1.807, 2.05) is 24.3 Å². The lowest BCUT2D eigenvalue weighted by Gasteiger charge is -2.30. The van der Waals surface area contributed by atoms with Crippen molar-refractivity contribution in [3.8, 4) is 11.5 Å². The molecule has 7 heteroatoms. The van der Waals surface area contributed by atoms with E-state index in [1.54, 1.807) is 56.4 Å². The van der Waals surface area contributed by atoms with E-state index in [-0.39, 0.29) is 11.8 Å². The molecule has 0 aromatic heterocycles. The minimum absolute atomic E-state index is 0.136. The van der Waals surface area contributed by atoms with Crippen LogP contribution < -0.4 is 19.7 Å².